The molecule has 0 aliphatic carbocycles. The lowest BCUT2D eigenvalue weighted by Gasteiger charge is -2.13. The summed E-state index contributed by atoms with van der Waals surface area (Å²) in [5.41, 5.74) is 1.41. The third kappa shape index (κ3) is 3.28. The van der Waals surface area contributed by atoms with Crippen LogP contribution in [0.1, 0.15) is 10.4 Å². The Labute approximate surface area is 110 Å². The number of rotatable bonds is 3. The second-order valence-electron chi connectivity index (χ2n) is 4.24. The zero-order valence-corrected chi connectivity index (χ0v) is 10.7. The lowest BCUT2D eigenvalue weighted by Crippen LogP contribution is -2.15. The molecule has 0 saturated carbocycles. The van der Waals surface area contributed by atoms with Crippen molar-refractivity contribution in [1.82, 2.24) is 4.98 Å². The Bertz CT molecular complexity index is 599. The first-order chi connectivity index (χ1) is 9.06. The number of halogens is 1. The normalized spacial score (nSPS) is 10.1. The first-order valence-corrected chi connectivity index (χ1v) is 5.77. The monoisotopic (exact) mass is 259 g/mol. The Morgan fingerprint density at radius 2 is 1.95 bits per heavy atom. The summed E-state index contributed by atoms with van der Waals surface area (Å²) in [6.45, 7) is 0. The molecule has 0 bridgehead atoms. The van der Waals surface area contributed by atoms with E-state index in [9.17, 15) is 9.18 Å². The van der Waals surface area contributed by atoms with Crippen LogP contribution in [0.2, 0.25) is 0 Å². The second-order valence-corrected chi connectivity index (χ2v) is 4.24. The summed E-state index contributed by atoms with van der Waals surface area (Å²) in [7, 11) is 3.79. The molecule has 0 fully saturated rings. The van der Waals surface area contributed by atoms with E-state index in [2.05, 4.69) is 10.3 Å². The molecule has 0 atom stereocenters. The topological polar surface area (TPSA) is 45.2 Å². The lowest BCUT2D eigenvalue weighted by atomic mass is 10.2. The van der Waals surface area contributed by atoms with Crippen molar-refractivity contribution in [2.45, 2.75) is 0 Å². The Morgan fingerprint density at radius 1 is 1.21 bits per heavy atom. The molecule has 2 aromatic rings. The summed E-state index contributed by atoms with van der Waals surface area (Å²) < 4.78 is 12.9. The molecule has 0 unspecified atom stereocenters. The van der Waals surface area contributed by atoms with Crippen LogP contribution in [0.5, 0.6) is 0 Å². The summed E-state index contributed by atoms with van der Waals surface area (Å²) in [4.78, 5) is 17.5. The van der Waals surface area contributed by atoms with Gasteiger partial charge in [0, 0.05) is 25.3 Å². The summed E-state index contributed by atoms with van der Waals surface area (Å²) in [6.07, 6.45) is 0. The molecule has 0 aliphatic heterocycles. The fraction of sp³-hybridized carbons (Fsp3) is 0.143. The Kier molecular flexibility index (Phi) is 3.75. The van der Waals surface area contributed by atoms with Gasteiger partial charge in [0.05, 0.1) is 0 Å². The quantitative estimate of drug-likeness (QED) is 0.861. The van der Waals surface area contributed by atoms with Crippen molar-refractivity contribution < 1.29 is 9.18 Å². The fourth-order valence-corrected chi connectivity index (χ4v) is 1.59. The SMILES string of the molecule is CN(C)c1cccc(C(=O)Nc2cccc(F)n2)c1. The smallest absolute Gasteiger partial charge is 0.256 e. The second kappa shape index (κ2) is 5.48. The number of pyridine rings is 1. The molecule has 0 aliphatic rings. The Morgan fingerprint density at radius 3 is 2.63 bits per heavy atom. The zero-order valence-electron chi connectivity index (χ0n) is 10.7. The minimum atomic E-state index is -0.625. The van der Waals surface area contributed by atoms with Crippen LogP contribution in [0.15, 0.2) is 42.5 Å². The highest BCUT2D eigenvalue weighted by Crippen LogP contribution is 2.14. The number of carbonyl (C=O) groups is 1. The van der Waals surface area contributed by atoms with Gasteiger partial charge >= 0.3 is 0 Å². The molecule has 0 saturated heterocycles. The number of hydrogen-bond donors (Lipinski definition) is 1. The number of nitrogens with one attached hydrogen (secondary N) is 1. The van der Waals surface area contributed by atoms with Crippen molar-refractivity contribution in [3.05, 3.63) is 54.0 Å². The Balaban J connectivity index is 2.18. The molecule has 2 rings (SSSR count). The van der Waals surface area contributed by atoms with Crippen LogP contribution in [0.3, 0.4) is 0 Å². The highest BCUT2D eigenvalue weighted by atomic mass is 19.1. The van der Waals surface area contributed by atoms with E-state index in [1.807, 2.05) is 25.1 Å². The van der Waals surface area contributed by atoms with E-state index in [0.717, 1.165) is 5.69 Å². The van der Waals surface area contributed by atoms with Crippen LogP contribution >= 0.6 is 0 Å². The highest BCUT2D eigenvalue weighted by molar-refractivity contribution is 6.04. The summed E-state index contributed by atoms with van der Waals surface area (Å²) >= 11 is 0. The fourth-order valence-electron chi connectivity index (χ4n) is 1.59. The molecule has 1 N–H and O–H groups in total. The maximum absolute atomic E-state index is 12.9. The number of amides is 1. The minimum Gasteiger partial charge on any atom is -0.378 e. The predicted molar refractivity (Wildman–Crippen MR) is 72.9 cm³/mol. The number of carbonyl (C=O) groups excluding carboxylic acids is 1. The first kappa shape index (κ1) is 13.0. The maximum atomic E-state index is 12.9. The van der Waals surface area contributed by atoms with Gasteiger partial charge < -0.3 is 10.2 Å². The number of hydrogen-bond acceptors (Lipinski definition) is 3. The van der Waals surface area contributed by atoms with Gasteiger partial charge in [-0.3, -0.25) is 4.79 Å². The van der Waals surface area contributed by atoms with Crippen molar-refractivity contribution >= 4 is 17.4 Å². The number of nitrogens with zero attached hydrogens (tertiary/aromatic N) is 2. The van der Waals surface area contributed by atoms with Gasteiger partial charge in [-0.05, 0) is 30.3 Å². The standard InChI is InChI=1S/C14H14FN3O/c1-18(2)11-6-3-5-10(9-11)14(19)17-13-8-4-7-12(15)16-13/h3-9H,1-2H3,(H,16,17,19). The number of benzene rings is 1. The van der Waals surface area contributed by atoms with Crippen molar-refractivity contribution in [2.24, 2.45) is 0 Å². The predicted octanol–water partition coefficient (Wildman–Crippen LogP) is 2.54. The average molecular weight is 259 g/mol. The van der Waals surface area contributed by atoms with E-state index in [0.29, 0.717) is 5.56 Å². The molecule has 0 spiro atoms. The van der Waals surface area contributed by atoms with Gasteiger partial charge in [-0.1, -0.05) is 12.1 Å². The summed E-state index contributed by atoms with van der Waals surface area (Å²) in [5.74, 6) is -0.748. The molecule has 1 heterocycles. The van der Waals surface area contributed by atoms with Gasteiger partial charge in [0.25, 0.3) is 5.91 Å². The van der Waals surface area contributed by atoms with E-state index in [-0.39, 0.29) is 11.7 Å². The van der Waals surface area contributed by atoms with Gasteiger partial charge in [0.1, 0.15) is 5.82 Å². The van der Waals surface area contributed by atoms with Crippen LogP contribution in [-0.2, 0) is 0 Å². The van der Waals surface area contributed by atoms with Crippen LogP contribution in [0, 0.1) is 5.95 Å². The molecular weight excluding hydrogens is 245 g/mol. The molecule has 0 radical (unpaired) electrons. The van der Waals surface area contributed by atoms with Gasteiger partial charge in [0.15, 0.2) is 0 Å². The van der Waals surface area contributed by atoms with Crippen LogP contribution in [0.25, 0.3) is 0 Å². The van der Waals surface area contributed by atoms with Crippen LogP contribution in [-0.4, -0.2) is 25.0 Å². The third-order valence-electron chi connectivity index (χ3n) is 2.58. The van der Waals surface area contributed by atoms with Crippen LogP contribution in [0.4, 0.5) is 15.9 Å². The van der Waals surface area contributed by atoms with Gasteiger partial charge in [0.2, 0.25) is 5.95 Å². The van der Waals surface area contributed by atoms with Gasteiger partial charge in [-0.2, -0.15) is 4.39 Å². The van der Waals surface area contributed by atoms with E-state index >= 15 is 0 Å². The first-order valence-electron chi connectivity index (χ1n) is 5.77. The van der Waals surface area contributed by atoms with Crippen molar-refractivity contribution in [1.29, 1.82) is 0 Å². The molecule has 98 valence electrons. The number of anilines is 2. The molecule has 5 heteroatoms. The van der Waals surface area contributed by atoms with Gasteiger partial charge in [-0.15, -0.1) is 0 Å². The molecule has 1 amide bonds. The molecule has 1 aromatic heterocycles. The van der Waals surface area contributed by atoms with E-state index < -0.39 is 5.95 Å². The molecule has 1 aromatic carbocycles. The van der Waals surface area contributed by atoms with E-state index in [1.165, 1.54) is 18.2 Å². The van der Waals surface area contributed by atoms with E-state index in [1.54, 1.807) is 18.2 Å². The molecular formula is C14H14FN3O. The highest BCUT2D eigenvalue weighted by Gasteiger charge is 2.08. The maximum Gasteiger partial charge on any atom is 0.256 e. The summed E-state index contributed by atoms with van der Waals surface area (Å²) in [5, 5.41) is 2.56. The van der Waals surface area contributed by atoms with Crippen LogP contribution < -0.4 is 10.2 Å². The largest absolute Gasteiger partial charge is 0.378 e. The minimum absolute atomic E-state index is 0.195. The molecule has 4 nitrogen and oxygen atoms in total. The third-order valence-corrected chi connectivity index (χ3v) is 2.58. The zero-order chi connectivity index (χ0) is 13.8. The average Bonchev–Trinajstić information content (AvgIpc) is 2.39. The molecule has 19 heavy (non-hydrogen) atoms. The number of aromatic nitrogens is 1. The van der Waals surface area contributed by atoms with Gasteiger partial charge in [-0.25, -0.2) is 4.98 Å². The van der Waals surface area contributed by atoms with Crippen molar-refractivity contribution in [3.63, 3.8) is 0 Å². The summed E-state index contributed by atoms with van der Waals surface area (Å²) in [6, 6.07) is 11.4. The van der Waals surface area contributed by atoms with Crippen molar-refractivity contribution in [3.8, 4) is 0 Å². The Hall–Kier alpha value is -2.43. The van der Waals surface area contributed by atoms with E-state index in [4.69, 9.17) is 0 Å². The van der Waals surface area contributed by atoms with Crippen molar-refractivity contribution in [2.75, 3.05) is 24.3 Å². The lowest BCUT2D eigenvalue weighted by molar-refractivity contribution is 0.102.